The van der Waals surface area contributed by atoms with Crippen molar-refractivity contribution >= 4 is 35.4 Å². The number of carbonyl (C=O) groups is 6. The Morgan fingerprint density at radius 2 is 0.466 bits per heavy atom. The van der Waals surface area contributed by atoms with Crippen LogP contribution in [0.15, 0.2) is 0 Å². The Hall–Kier alpha value is -3.26. The van der Waals surface area contributed by atoms with Gasteiger partial charge in [0.25, 0.3) is 0 Å². The number of carbonyl (C=O) groups excluding carboxylic acids is 6. The summed E-state index contributed by atoms with van der Waals surface area (Å²) < 4.78 is 0. The van der Waals surface area contributed by atoms with Gasteiger partial charge in [-0.2, -0.15) is 0 Å². The standard InChI is InChI=1S/C74H144N8O6/c1-5-9-13-17-21-25-29-33-38-45-57-75-69(83)53-63-81(64-54-70(84)76-58-46-39-34-30-26-22-18-14-10-6-2)61-49-42-37-43-51-67-73(87)80-68(74(88)79-67)52-44-50-62-82(65-55-71(85)77-59-47-40-35-31-27-23-19-15-11-7-3)66-56-72(86)78-60-48-41-36-32-28-24-20-16-12-8-4/h67-68H,5-66H2,1-4H3,(H,75,83)(H,76,84)(H,77,85)(H,78,86)(H,79,88)(H,80,87). The van der Waals surface area contributed by atoms with Crippen molar-refractivity contribution < 1.29 is 28.8 Å². The molecule has 1 aliphatic rings. The molecule has 1 aliphatic heterocycles. The van der Waals surface area contributed by atoms with E-state index in [1.165, 1.54) is 205 Å². The highest BCUT2D eigenvalue weighted by Crippen LogP contribution is 2.17. The number of nitrogens with zero attached hydrogens (tertiary/aromatic N) is 2. The fourth-order valence-corrected chi connectivity index (χ4v) is 12.2. The van der Waals surface area contributed by atoms with E-state index < -0.39 is 12.1 Å². The maximum absolute atomic E-state index is 13.3. The lowest BCUT2D eigenvalue weighted by Gasteiger charge is -2.30. The SMILES string of the molecule is CCCCCCCCCCCCNC(=O)CCN(CCCCCCC1NC(=O)C(CCCCN(CCC(=O)NCCCCCCCCCCCC)CCC(=O)NCCCCCCCCCCCC)NC1=O)CCC(=O)NCCCCCCCCCCCC. The molecule has 6 amide bonds. The van der Waals surface area contributed by atoms with Crippen LogP contribution in [0.3, 0.4) is 0 Å². The highest BCUT2D eigenvalue weighted by molar-refractivity contribution is 5.96. The summed E-state index contributed by atoms with van der Waals surface area (Å²) >= 11 is 0. The summed E-state index contributed by atoms with van der Waals surface area (Å²) in [6, 6.07) is -1.11. The third-order valence-corrected chi connectivity index (χ3v) is 18.2. The van der Waals surface area contributed by atoms with Gasteiger partial charge in [-0.25, -0.2) is 0 Å². The van der Waals surface area contributed by atoms with E-state index in [9.17, 15) is 28.8 Å². The number of rotatable bonds is 68. The number of nitrogens with one attached hydrogen (secondary N) is 6. The molecular weight excluding hydrogens is 1100 g/mol. The van der Waals surface area contributed by atoms with Gasteiger partial charge in [-0.05, 0) is 70.9 Å². The number of hydrogen-bond donors (Lipinski definition) is 6. The fourth-order valence-electron chi connectivity index (χ4n) is 12.2. The van der Waals surface area contributed by atoms with Crippen LogP contribution in [0.25, 0.3) is 0 Å². The van der Waals surface area contributed by atoms with Crippen LogP contribution in [0.4, 0.5) is 0 Å². The number of amides is 6. The summed E-state index contributed by atoms with van der Waals surface area (Å²) in [5.74, 6) is 0.0192. The molecular formula is C74H144N8O6. The molecule has 88 heavy (non-hydrogen) atoms. The van der Waals surface area contributed by atoms with Crippen LogP contribution in [-0.4, -0.2) is 123 Å². The minimum absolute atomic E-state index is 0.0543. The molecule has 1 heterocycles. The monoisotopic (exact) mass is 1240 g/mol. The maximum atomic E-state index is 13.3. The Morgan fingerprint density at radius 1 is 0.273 bits per heavy atom. The Kier molecular flexibility index (Phi) is 60.1. The Morgan fingerprint density at radius 3 is 0.716 bits per heavy atom. The molecule has 0 bridgehead atoms. The molecule has 0 aromatic heterocycles. The number of unbranched alkanes of at least 4 members (excludes halogenated alkanes) is 40. The third kappa shape index (κ3) is 54.5. The van der Waals surface area contributed by atoms with Gasteiger partial charge in [-0.1, -0.05) is 278 Å². The quantitative estimate of drug-likeness (QED) is 0.0326. The van der Waals surface area contributed by atoms with Crippen LogP contribution < -0.4 is 31.9 Å². The second-order valence-corrected chi connectivity index (χ2v) is 26.6. The highest BCUT2D eigenvalue weighted by atomic mass is 16.2. The van der Waals surface area contributed by atoms with E-state index in [1.54, 1.807) is 0 Å². The van der Waals surface area contributed by atoms with Crippen LogP contribution >= 0.6 is 0 Å². The van der Waals surface area contributed by atoms with Gasteiger partial charge in [-0.3, -0.25) is 28.8 Å². The molecule has 516 valence electrons. The molecule has 1 fully saturated rings. The van der Waals surface area contributed by atoms with Gasteiger partial charge in [0.1, 0.15) is 12.1 Å². The minimum atomic E-state index is -0.570. The first-order valence-electron chi connectivity index (χ1n) is 38.3. The Labute approximate surface area is 542 Å². The van der Waals surface area contributed by atoms with Crippen LogP contribution in [0.1, 0.15) is 362 Å². The van der Waals surface area contributed by atoms with Crippen molar-refractivity contribution in [2.24, 2.45) is 0 Å². The lowest BCUT2D eigenvalue weighted by molar-refractivity contribution is -0.137. The van der Waals surface area contributed by atoms with Gasteiger partial charge in [-0.15, -0.1) is 0 Å². The van der Waals surface area contributed by atoms with Gasteiger partial charge in [0, 0.05) is 78.0 Å². The average molecular weight is 1240 g/mol. The summed E-state index contributed by atoms with van der Waals surface area (Å²) in [4.78, 5) is 82.9. The average Bonchev–Trinajstić information content (AvgIpc) is 2.44. The van der Waals surface area contributed by atoms with E-state index in [4.69, 9.17) is 0 Å². The molecule has 0 radical (unpaired) electrons. The van der Waals surface area contributed by atoms with E-state index >= 15 is 0 Å². The molecule has 0 aliphatic carbocycles. The van der Waals surface area contributed by atoms with E-state index in [0.29, 0.717) is 84.3 Å². The minimum Gasteiger partial charge on any atom is -0.356 e. The van der Waals surface area contributed by atoms with Crippen molar-refractivity contribution in [1.29, 1.82) is 0 Å². The van der Waals surface area contributed by atoms with Crippen LogP contribution in [0, 0.1) is 0 Å². The second-order valence-electron chi connectivity index (χ2n) is 26.6. The molecule has 0 saturated carbocycles. The molecule has 2 unspecified atom stereocenters. The smallest absolute Gasteiger partial charge is 0.243 e. The van der Waals surface area contributed by atoms with E-state index in [-0.39, 0.29) is 35.4 Å². The summed E-state index contributed by atoms with van der Waals surface area (Å²) in [6.45, 7) is 15.8. The lowest BCUT2D eigenvalue weighted by atomic mass is 10.0. The number of piperazine rings is 1. The van der Waals surface area contributed by atoms with Crippen molar-refractivity contribution in [3.8, 4) is 0 Å². The first-order valence-corrected chi connectivity index (χ1v) is 38.3. The van der Waals surface area contributed by atoms with E-state index in [1.807, 2.05) is 0 Å². The highest BCUT2D eigenvalue weighted by Gasteiger charge is 2.32. The zero-order valence-electron chi connectivity index (χ0n) is 58.3. The van der Waals surface area contributed by atoms with E-state index in [2.05, 4.69) is 69.4 Å². The van der Waals surface area contributed by atoms with E-state index in [0.717, 1.165) is 110 Å². The van der Waals surface area contributed by atoms with Crippen molar-refractivity contribution in [2.45, 2.75) is 374 Å². The topological polar surface area (TPSA) is 181 Å². The normalized spacial score (nSPS) is 14.2. The predicted molar refractivity (Wildman–Crippen MR) is 372 cm³/mol. The predicted octanol–water partition coefficient (Wildman–Crippen LogP) is 16.4. The number of hydrogen-bond acceptors (Lipinski definition) is 8. The van der Waals surface area contributed by atoms with Crippen molar-refractivity contribution in [2.75, 3.05) is 65.4 Å². The van der Waals surface area contributed by atoms with Crippen LogP contribution in [0.2, 0.25) is 0 Å². The van der Waals surface area contributed by atoms with Gasteiger partial charge >= 0.3 is 0 Å². The van der Waals surface area contributed by atoms with Gasteiger partial charge in [0.05, 0.1) is 0 Å². The van der Waals surface area contributed by atoms with Gasteiger partial charge in [0.15, 0.2) is 0 Å². The lowest BCUT2D eigenvalue weighted by Crippen LogP contribution is -2.61. The molecule has 14 nitrogen and oxygen atoms in total. The second kappa shape index (κ2) is 63.9. The first-order chi connectivity index (χ1) is 43.1. The van der Waals surface area contributed by atoms with Crippen molar-refractivity contribution in [3.05, 3.63) is 0 Å². The Bertz CT molecular complexity index is 1550. The van der Waals surface area contributed by atoms with Crippen LogP contribution in [-0.2, 0) is 28.8 Å². The molecule has 1 saturated heterocycles. The third-order valence-electron chi connectivity index (χ3n) is 18.2. The van der Waals surface area contributed by atoms with Gasteiger partial charge < -0.3 is 41.7 Å². The molecule has 1 rings (SSSR count). The van der Waals surface area contributed by atoms with Crippen molar-refractivity contribution in [1.82, 2.24) is 41.7 Å². The molecule has 2 atom stereocenters. The fraction of sp³-hybridized carbons (Fsp3) is 0.919. The van der Waals surface area contributed by atoms with Gasteiger partial charge in [0.2, 0.25) is 35.4 Å². The van der Waals surface area contributed by atoms with Crippen LogP contribution in [0.5, 0.6) is 0 Å². The van der Waals surface area contributed by atoms with Crippen molar-refractivity contribution in [3.63, 3.8) is 0 Å². The Balaban J connectivity index is 2.56. The summed E-state index contributed by atoms with van der Waals surface area (Å²) in [6.07, 6.45) is 58.5. The zero-order chi connectivity index (χ0) is 63.9. The molecule has 6 N–H and O–H groups in total. The molecule has 0 aromatic carbocycles. The maximum Gasteiger partial charge on any atom is 0.243 e. The zero-order valence-corrected chi connectivity index (χ0v) is 58.3. The summed E-state index contributed by atoms with van der Waals surface area (Å²) in [5.41, 5.74) is 0. The molecule has 0 aromatic rings. The molecule has 0 spiro atoms. The first kappa shape index (κ1) is 82.8. The summed E-state index contributed by atoms with van der Waals surface area (Å²) in [7, 11) is 0. The summed E-state index contributed by atoms with van der Waals surface area (Å²) in [5, 5.41) is 18.6. The largest absolute Gasteiger partial charge is 0.356 e. The molecule has 14 heteroatoms.